The summed E-state index contributed by atoms with van der Waals surface area (Å²) in [7, 11) is 1.57. The molecule has 0 unspecified atom stereocenters. The van der Waals surface area contributed by atoms with E-state index >= 15 is 0 Å². The summed E-state index contributed by atoms with van der Waals surface area (Å²) in [5.41, 5.74) is 0.731. The smallest absolute Gasteiger partial charge is 0.216 e. The van der Waals surface area contributed by atoms with Crippen molar-refractivity contribution in [2.75, 3.05) is 13.6 Å². The van der Waals surface area contributed by atoms with Crippen LogP contribution in [0.1, 0.15) is 15.2 Å². The number of methoxy groups -OCH3 is 1. The van der Waals surface area contributed by atoms with Gasteiger partial charge in [-0.3, -0.25) is 4.79 Å². The van der Waals surface area contributed by atoms with Crippen LogP contribution >= 0.6 is 0 Å². The molecule has 0 aliphatic rings. The molecule has 3 heteroatoms. The third kappa shape index (κ3) is 2.80. The van der Waals surface area contributed by atoms with E-state index in [9.17, 15) is 4.79 Å². The Morgan fingerprint density at radius 2 is 2.28 bits per heavy atom. The van der Waals surface area contributed by atoms with Crippen LogP contribution in [0, 0.1) is 0 Å². The number of rotatable bonds is 4. The molecule has 1 N–H and O–H groups in total. The lowest BCUT2D eigenvalue weighted by Gasteiger charge is -2.08. The molecule has 0 heterocycles. The number of fused-ring (bicyclic) bond motifs is 1. The predicted octanol–water partition coefficient (Wildman–Crippen LogP) is 2.53. The van der Waals surface area contributed by atoms with Crippen molar-refractivity contribution in [3.63, 3.8) is 0 Å². The van der Waals surface area contributed by atoms with Crippen LogP contribution in [0.4, 0.5) is 0 Å². The van der Waals surface area contributed by atoms with Crippen LogP contribution in [-0.2, 0) is 11.2 Å². The molecule has 0 aliphatic carbocycles. The Morgan fingerprint density at radius 1 is 1.44 bits per heavy atom. The fourth-order valence-electron chi connectivity index (χ4n) is 1.83. The standard InChI is InChI=1S/C15H17NO2/c1-11(17)16-9-8-13-5-3-4-12-6-7-14(18-2)10-15(12)13/h3-7,10H,8-9H2,1-2H3,(H,16,17)/i9D2/hD. The number of ether oxygens (including phenoxy) is 1. The van der Waals surface area contributed by atoms with Crippen LogP contribution in [0.2, 0.25) is 1.41 Å². The molecule has 2 rings (SSSR count). The number of carbonyl (C=O) groups excluding carboxylic acids is 1. The first-order chi connectivity index (χ1) is 9.85. The molecule has 0 saturated carbocycles. The highest BCUT2D eigenvalue weighted by Crippen LogP contribution is 2.24. The minimum Gasteiger partial charge on any atom is -0.497 e. The fraction of sp³-hybridized carbons (Fsp3) is 0.267. The largest absolute Gasteiger partial charge is 0.497 e. The van der Waals surface area contributed by atoms with Crippen molar-refractivity contribution < 1.29 is 13.7 Å². The van der Waals surface area contributed by atoms with Gasteiger partial charge in [-0.1, -0.05) is 24.3 Å². The molecule has 0 bridgehead atoms. The van der Waals surface area contributed by atoms with Gasteiger partial charge in [0.1, 0.15) is 5.75 Å². The van der Waals surface area contributed by atoms with Gasteiger partial charge in [0.05, 0.1) is 7.11 Å². The van der Waals surface area contributed by atoms with Gasteiger partial charge < -0.3 is 10.0 Å². The molecule has 18 heavy (non-hydrogen) atoms. The molecular weight excluding hydrogens is 226 g/mol. The van der Waals surface area contributed by atoms with Gasteiger partial charge in [0, 0.05) is 16.2 Å². The summed E-state index contributed by atoms with van der Waals surface area (Å²) < 4.78 is 28.6. The van der Waals surface area contributed by atoms with Gasteiger partial charge in [0.2, 0.25) is 5.91 Å². The molecular formula is C15H17NO2. The number of aryl methyl sites for hydroxylation is 1. The second kappa shape index (κ2) is 5.54. The van der Waals surface area contributed by atoms with E-state index in [1.165, 1.54) is 6.92 Å². The summed E-state index contributed by atoms with van der Waals surface area (Å²) in [5, 5.41) is 2.20. The van der Waals surface area contributed by atoms with Crippen molar-refractivity contribution in [1.29, 1.82) is 0 Å². The number of benzene rings is 2. The zero-order valence-electron chi connectivity index (χ0n) is 13.4. The number of hydrogen-bond donors (Lipinski definition) is 1. The van der Waals surface area contributed by atoms with E-state index in [2.05, 4.69) is 0 Å². The van der Waals surface area contributed by atoms with E-state index in [-0.39, 0.29) is 6.42 Å². The van der Waals surface area contributed by atoms with Gasteiger partial charge in [-0.05, 0) is 34.9 Å². The maximum Gasteiger partial charge on any atom is 0.216 e. The molecule has 0 radical (unpaired) electrons. The topological polar surface area (TPSA) is 38.3 Å². The normalized spacial score (nSPS) is 13.6. The first-order valence-corrected chi connectivity index (χ1v) is 5.70. The quantitative estimate of drug-likeness (QED) is 0.900. The van der Waals surface area contributed by atoms with Crippen molar-refractivity contribution in [3.8, 4) is 5.75 Å². The molecule has 0 spiro atoms. The number of amides is 1. The van der Waals surface area contributed by atoms with Crippen molar-refractivity contribution >= 4 is 16.7 Å². The maximum absolute atomic E-state index is 11.2. The highest BCUT2D eigenvalue weighted by atomic mass is 16.5. The van der Waals surface area contributed by atoms with Crippen LogP contribution in [0.3, 0.4) is 0 Å². The van der Waals surface area contributed by atoms with Crippen molar-refractivity contribution in [1.82, 2.24) is 5.31 Å². The maximum atomic E-state index is 11.2. The Morgan fingerprint density at radius 3 is 3.00 bits per heavy atom. The lowest BCUT2D eigenvalue weighted by molar-refractivity contribution is -0.118. The van der Waals surface area contributed by atoms with E-state index in [4.69, 9.17) is 8.89 Å². The van der Waals surface area contributed by atoms with Crippen molar-refractivity contribution in [3.05, 3.63) is 42.0 Å². The minimum absolute atomic E-state index is 0.0550. The number of nitrogens with one attached hydrogen (secondary N) is 1. The summed E-state index contributed by atoms with van der Waals surface area (Å²) in [6.45, 7) is -0.889. The van der Waals surface area contributed by atoms with Crippen LogP contribution in [0.25, 0.3) is 10.8 Å². The number of hydrogen-bond acceptors (Lipinski definition) is 2. The Bertz CT molecular complexity index is 673. The van der Waals surface area contributed by atoms with Gasteiger partial charge in [-0.2, -0.15) is 0 Å². The van der Waals surface area contributed by atoms with Gasteiger partial charge in [-0.25, -0.2) is 0 Å². The molecule has 2 aromatic rings. The van der Waals surface area contributed by atoms with Crippen LogP contribution in [0.5, 0.6) is 5.75 Å². The molecule has 3 nitrogen and oxygen atoms in total. The summed E-state index contributed by atoms with van der Waals surface area (Å²) in [6, 6.07) is 11.1. The summed E-state index contributed by atoms with van der Waals surface area (Å²) in [4.78, 5) is 11.2. The van der Waals surface area contributed by atoms with Gasteiger partial charge >= 0.3 is 0 Å². The van der Waals surface area contributed by atoms with Crippen molar-refractivity contribution in [2.45, 2.75) is 13.3 Å². The molecule has 0 atom stereocenters. The zero-order valence-corrected chi connectivity index (χ0v) is 10.4. The van der Waals surface area contributed by atoms with E-state index in [0.29, 0.717) is 11.1 Å². The van der Waals surface area contributed by atoms with Crippen LogP contribution in [0.15, 0.2) is 36.4 Å². The number of carbonyl (C=O) groups is 1. The molecule has 0 aliphatic heterocycles. The van der Waals surface area contributed by atoms with E-state index in [0.717, 1.165) is 16.3 Å². The Labute approximate surface area is 111 Å². The highest BCUT2D eigenvalue weighted by Gasteiger charge is 2.03. The summed E-state index contributed by atoms with van der Waals surface area (Å²) in [6.07, 6.45) is -0.0550. The second-order valence-corrected chi connectivity index (χ2v) is 3.97. The third-order valence-electron chi connectivity index (χ3n) is 2.69. The lowest BCUT2D eigenvalue weighted by Crippen LogP contribution is -2.22. The van der Waals surface area contributed by atoms with Gasteiger partial charge in [0.15, 0.2) is 1.41 Å². The monoisotopic (exact) mass is 246 g/mol. The predicted molar refractivity (Wildman–Crippen MR) is 72.9 cm³/mol. The minimum atomic E-state index is -2.07. The van der Waals surface area contributed by atoms with Crippen LogP contribution in [-0.4, -0.2) is 19.5 Å². The first kappa shape index (κ1) is 8.97. The average Bonchev–Trinajstić information content (AvgIpc) is 2.46. The Balaban J connectivity index is 2.44. The molecule has 0 fully saturated rings. The molecule has 0 aromatic heterocycles. The summed E-state index contributed by atoms with van der Waals surface area (Å²) >= 11 is 0. The Kier molecular flexibility index (Phi) is 2.76. The summed E-state index contributed by atoms with van der Waals surface area (Å²) in [5.74, 6) is 0.0580. The molecule has 1 amide bonds. The molecule has 0 saturated heterocycles. The zero-order chi connectivity index (χ0) is 15.6. The first-order valence-electron chi connectivity index (χ1n) is 7.15. The fourth-order valence-corrected chi connectivity index (χ4v) is 1.83. The van der Waals surface area contributed by atoms with E-state index in [1.54, 1.807) is 13.2 Å². The Hall–Kier alpha value is -2.03. The SMILES string of the molecule is [2H]N(C(C)=O)C([2H])([2H])Cc1cccc2ccc(OC)cc12. The van der Waals surface area contributed by atoms with E-state index in [1.807, 2.05) is 30.3 Å². The third-order valence-corrected chi connectivity index (χ3v) is 2.69. The van der Waals surface area contributed by atoms with Gasteiger partial charge in [0.25, 0.3) is 0 Å². The van der Waals surface area contributed by atoms with Crippen LogP contribution < -0.4 is 10.0 Å². The van der Waals surface area contributed by atoms with Crippen molar-refractivity contribution in [2.24, 2.45) is 0 Å². The average molecular weight is 246 g/mol. The highest BCUT2D eigenvalue weighted by molar-refractivity contribution is 5.87. The van der Waals surface area contributed by atoms with E-state index < -0.39 is 12.4 Å². The second-order valence-electron chi connectivity index (χ2n) is 3.97. The molecule has 2 aromatic carbocycles. The lowest BCUT2D eigenvalue weighted by atomic mass is 10.0. The molecule has 94 valence electrons. The van der Waals surface area contributed by atoms with Gasteiger partial charge in [-0.15, -0.1) is 0 Å².